The zero-order valence-corrected chi connectivity index (χ0v) is 16.9. The molecule has 1 aliphatic rings. The molecular formula is C24H16N4O4. The molecule has 0 saturated heterocycles. The fourth-order valence-electron chi connectivity index (χ4n) is 3.65. The van der Waals surface area contributed by atoms with Crippen molar-refractivity contribution in [2.75, 3.05) is 10.2 Å². The SMILES string of the molecule is Cc1ccccc1N1C(=O)c2ccc(C(=O)Nc3cccc(-c4nnco4)c3)cc2C1=O. The van der Waals surface area contributed by atoms with Crippen molar-refractivity contribution in [2.45, 2.75) is 6.92 Å². The molecule has 0 atom stereocenters. The van der Waals surface area contributed by atoms with Crippen molar-refractivity contribution >= 4 is 29.1 Å². The molecule has 2 heterocycles. The Kier molecular flexibility index (Phi) is 4.59. The van der Waals surface area contributed by atoms with Gasteiger partial charge in [0.25, 0.3) is 17.7 Å². The molecule has 0 aliphatic carbocycles. The van der Waals surface area contributed by atoms with Gasteiger partial charge in [0.1, 0.15) is 0 Å². The van der Waals surface area contributed by atoms with Crippen molar-refractivity contribution in [1.82, 2.24) is 10.2 Å². The van der Waals surface area contributed by atoms with Crippen molar-refractivity contribution in [3.8, 4) is 11.5 Å². The number of imide groups is 1. The van der Waals surface area contributed by atoms with E-state index in [0.717, 1.165) is 10.5 Å². The van der Waals surface area contributed by atoms with Crippen LogP contribution in [0.4, 0.5) is 11.4 Å². The molecule has 0 fully saturated rings. The summed E-state index contributed by atoms with van der Waals surface area (Å²) < 4.78 is 5.18. The average Bonchev–Trinajstić information content (AvgIpc) is 3.42. The number of nitrogens with zero attached hydrogens (tertiary/aromatic N) is 3. The summed E-state index contributed by atoms with van der Waals surface area (Å²) in [7, 11) is 0. The van der Waals surface area contributed by atoms with E-state index < -0.39 is 17.7 Å². The van der Waals surface area contributed by atoms with Gasteiger partial charge in [-0.3, -0.25) is 14.4 Å². The molecule has 8 nitrogen and oxygen atoms in total. The monoisotopic (exact) mass is 424 g/mol. The van der Waals surface area contributed by atoms with E-state index >= 15 is 0 Å². The minimum atomic E-state index is -0.452. The number of para-hydroxylation sites is 1. The molecule has 5 rings (SSSR count). The number of aromatic nitrogens is 2. The summed E-state index contributed by atoms with van der Waals surface area (Å²) in [5.41, 5.74) is 3.25. The smallest absolute Gasteiger partial charge is 0.266 e. The third kappa shape index (κ3) is 3.24. The van der Waals surface area contributed by atoms with Crippen LogP contribution in [0.15, 0.2) is 77.5 Å². The van der Waals surface area contributed by atoms with Crippen LogP contribution >= 0.6 is 0 Å². The van der Waals surface area contributed by atoms with E-state index in [4.69, 9.17) is 4.42 Å². The number of fused-ring (bicyclic) bond motifs is 1. The third-order valence-corrected chi connectivity index (χ3v) is 5.23. The standard InChI is InChI=1S/C24H16N4O4/c1-14-5-2-3-8-20(14)28-23(30)18-10-9-15(12-19(18)24(28)31)21(29)26-17-7-4-6-16(11-17)22-27-25-13-32-22/h2-13H,1H3,(H,26,29). The average molecular weight is 424 g/mol. The maximum absolute atomic E-state index is 13.0. The molecule has 1 N–H and O–H groups in total. The van der Waals surface area contributed by atoms with Crippen molar-refractivity contribution in [3.63, 3.8) is 0 Å². The summed E-state index contributed by atoms with van der Waals surface area (Å²) in [6, 6.07) is 18.6. The Morgan fingerprint density at radius 2 is 1.75 bits per heavy atom. The highest BCUT2D eigenvalue weighted by Gasteiger charge is 2.37. The van der Waals surface area contributed by atoms with Crippen LogP contribution in [0.25, 0.3) is 11.5 Å². The van der Waals surface area contributed by atoms with Gasteiger partial charge in [-0.2, -0.15) is 0 Å². The minimum Gasteiger partial charge on any atom is -0.423 e. The van der Waals surface area contributed by atoms with Gasteiger partial charge in [-0.05, 0) is 55.0 Å². The summed E-state index contributed by atoms with van der Waals surface area (Å²) in [6.45, 7) is 1.83. The maximum atomic E-state index is 13.0. The number of hydrogen-bond acceptors (Lipinski definition) is 6. The van der Waals surface area contributed by atoms with Gasteiger partial charge in [0.05, 0.1) is 16.8 Å². The van der Waals surface area contributed by atoms with Gasteiger partial charge in [-0.25, -0.2) is 4.90 Å². The van der Waals surface area contributed by atoms with Gasteiger partial charge in [0.2, 0.25) is 12.3 Å². The predicted molar refractivity (Wildman–Crippen MR) is 116 cm³/mol. The number of rotatable bonds is 4. The van der Waals surface area contributed by atoms with E-state index in [9.17, 15) is 14.4 Å². The first-order valence-electron chi connectivity index (χ1n) is 9.79. The van der Waals surface area contributed by atoms with Crippen LogP contribution in [-0.2, 0) is 0 Å². The number of nitrogens with one attached hydrogen (secondary N) is 1. The molecule has 0 saturated carbocycles. The first kappa shape index (κ1) is 19.4. The molecule has 8 heteroatoms. The molecule has 1 aliphatic heterocycles. The van der Waals surface area contributed by atoms with Crippen LogP contribution in [0.5, 0.6) is 0 Å². The van der Waals surface area contributed by atoms with E-state index in [1.54, 1.807) is 36.4 Å². The molecular weight excluding hydrogens is 408 g/mol. The van der Waals surface area contributed by atoms with E-state index in [-0.39, 0.29) is 16.7 Å². The Hall–Kier alpha value is -4.59. The van der Waals surface area contributed by atoms with E-state index in [0.29, 0.717) is 22.8 Å². The highest BCUT2D eigenvalue weighted by molar-refractivity contribution is 6.35. The second-order valence-electron chi connectivity index (χ2n) is 7.27. The zero-order valence-electron chi connectivity index (χ0n) is 16.9. The Bertz CT molecular complexity index is 1380. The van der Waals surface area contributed by atoms with Crippen LogP contribution in [0.3, 0.4) is 0 Å². The van der Waals surface area contributed by atoms with E-state index in [2.05, 4.69) is 15.5 Å². The van der Waals surface area contributed by atoms with Gasteiger partial charge in [0, 0.05) is 16.8 Å². The Labute approximate surface area is 182 Å². The van der Waals surface area contributed by atoms with Crippen LogP contribution in [0.2, 0.25) is 0 Å². The van der Waals surface area contributed by atoms with Gasteiger partial charge in [0.15, 0.2) is 0 Å². The van der Waals surface area contributed by atoms with Crippen molar-refractivity contribution in [1.29, 1.82) is 0 Å². The largest absolute Gasteiger partial charge is 0.423 e. The number of benzene rings is 3. The summed E-state index contributed by atoms with van der Waals surface area (Å²) in [4.78, 5) is 39.9. The first-order valence-corrected chi connectivity index (χ1v) is 9.79. The van der Waals surface area contributed by atoms with Crippen molar-refractivity contribution in [2.24, 2.45) is 0 Å². The zero-order chi connectivity index (χ0) is 22.2. The number of aryl methyl sites for hydroxylation is 1. The second kappa shape index (κ2) is 7.59. The number of anilines is 2. The summed E-state index contributed by atoms with van der Waals surface area (Å²) >= 11 is 0. The Morgan fingerprint density at radius 3 is 2.53 bits per heavy atom. The van der Waals surface area contributed by atoms with Crippen molar-refractivity contribution in [3.05, 3.63) is 95.4 Å². The van der Waals surface area contributed by atoms with Crippen molar-refractivity contribution < 1.29 is 18.8 Å². The van der Waals surface area contributed by atoms with E-state index in [1.165, 1.54) is 24.6 Å². The third-order valence-electron chi connectivity index (χ3n) is 5.23. The Morgan fingerprint density at radius 1 is 0.938 bits per heavy atom. The molecule has 0 radical (unpaired) electrons. The predicted octanol–water partition coefficient (Wildman–Crippen LogP) is 4.10. The Balaban J connectivity index is 1.42. The summed E-state index contributed by atoms with van der Waals surface area (Å²) in [5, 5.41) is 10.3. The van der Waals surface area contributed by atoms with Crippen LogP contribution < -0.4 is 10.2 Å². The second-order valence-corrected chi connectivity index (χ2v) is 7.27. The molecule has 1 aromatic heterocycles. The summed E-state index contributed by atoms with van der Waals surface area (Å²) in [5.74, 6) is -0.935. The number of hydrogen-bond donors (Lipinski definition) is 1. The molecule has 0 spiro atoms. The van der Waals surface area contributed by atoms with Gasteiger partial charge >= 0.3 is 0 Å². The number of amides is 3. The lowest BCUT2D eigenvalue weighted by molar-refractivity contribution is 0.0925. The highest BCUT2D eigenvalue weighted by Crippen LogP contribution is 2.31. The molecule has 0 bridgehead atoms. The lowest BCUT2D eigenvalue weighted by Gasteiger charge is -2.16. The van der Waals surface area contributed by atoms with Gasteiger partial charge in [-0.1, -0.05) is 24.3 Å². The lowest BCUT2D eigenvalue weighted by Crippen LogP contribution is -2.29. The summed E-state index contributed by atoms with van der Waals surface area (Å²) in [6.07, 6.45) is 1.23. The molecule has 156 valence electrons. The molecule has 0 unspecified atom stereocenters. The lowest BCUT2D eigenvalue weighted by atomic mass is 10.1. The van der Waals surface area contributed by atoms with Gasteiger partial charge < -0.3 is 9.73 Å². The van der Waals surface area contributed by atoms with E-state index in [1.807, 2.05) is 19.1 Å². The molecule has 32 heavy (non-hydrogen) atoms. The molecule has 4 aromatic rings. The van der Waals surface area contributed by atoms with Crippen LogP contribution in [0, 0.1) is 6.92 Å². The topological polar surface area (TPSA) is 105 Å². The molecule has 3 amide bonds. The maximum Gasteiger partial charge on any atom is 0.266 e. The normalized spacial score (nSPS) is 12.7. The van der Waals surface area contributed by atoms with Crippen LogP contribution in [0.1, 0.15) is 36.6 Å². The number of carbonyl (C=O) groups excluding carboxylic acids is 3. The quantitative estimate of drug-likeness (QED) is 0.495. The highest BCUT2D eigenvalue weighted by atomic mass is 16.4. The molecule has 3 aromatic carbocycles. The minimum absolute atomic E-state index is 0.200. The fourth-order valence-corrected chi connectivity index (χ4v) is 3.65. The first-order chi connectivity index (χ1) is 15.5. The van der Waals surface area contributed by atoms with Gasteiger partial charge in [-0.15, -0.1) is 10.2 Å². The van der Waals surface area contributed by atoms with Crippen LogP contribution in [-0.4, -0.2) is 27.9 Å². The fraction of sp³-hybridized carbons (Fsp3) is 0.0417. The number of carbonyl (C=O) groups is 3.